The maximum Gasteiger partial charge on any atom is 0.0540 e. The highest BCUT2D eigenvalue weighted by atomic mass is 15.1. The Morgan fingerprint density at radius 2 is 0.830 bits per heavy atom. The Bertz CT molecular complexity index is 2560. The van der Waals surface area contributed by atoms with E-state index in [-0.39, 0.29) is 0 Å². The van der Waals surface area contributed by atoms with Gasteiger partial charge in [-0.05, 0) is 96.2 Å². The van der Waals surface area contributed by atoms with Crippen molar-refractivity contribution in [1.29, 1.82) is 0 Å². The smallest absolute Gasteiger partial charge is 0.0540 e. The molecule has 0 N–H and O–H groups in total. The molecule has 0 radical (unpaired) electrons. The summed E-state index contributed by atoms with van der Waals surface area (Å²) >= 11 is 0. The van der Waals surface area contributed by atoms with Gasteiger partial charge in [-0.25, -0.2) is 0 Å². The van der Waals surface area contributed by atoms with Crippen LogP contribution < -0.4 is 4.90 Å². The molecule has 0 fully saturated rings. The fourth-order valence-electron chi connectivity index (χ4n) is 7.09. The molecule has 0 aliphatic rings. The Kier molecular flexibility index (Phi) is 6.54. The second-order valence-electron chi connectivity index (χ2n) is 12.2. The summed E-state index contributed by atoms with van der Waals surface area (Å²) in [6.45, 7) is 0. The lowest BCUT2D eigenvalue weighted by atomic mass is 9.96. The van der Waals surface area contributed by atoms with Crippen LogP contribution in [0.3, 0.4) is 0 Å². The zero-order valence-electron chi connectivity index (χ0n) is 25.8. The summed E-state index contributed by atoms with van der Waals surface area (Å²) in [5.41, 5.74) is 8.18. The second-order valence-corrected chi connectivity index (χ2v) is 12.2. The summed E-state index contributed by atoms with van der Waals surface area (Å²) in [6.07, 6.45) is 0. The molecule has 220 valence electrons. The van der Waals surface area contributed by atoms with E-state index in [9.17, 15) is 0 Å². The number of fused-ring (bicyclic) bond motifs is 6. The molecule has 1 nitrogen and oxygen atoms in total. The predicted octanol–water partition coefficient (Wildman–Crippen LogP) is 13.1. The van der Waals surface area contributed by atoms with E-state index in [0.29, 0.717) is 0 Å². The molecule has 9 aromatic carbocycles. The van der Waals surface area contributed by atoms with E-state index in [2.05, 4.69) is 193 Å². The summed E-state index contributed by atoms with van der Waals surface area (Å²) in [5, 5.41) is 10.1. The van der Waals surface area contributed by atoms with Gasteiger partial charge < -0.3 is 4.90 Å². The molecule has 0 aliphatic carbocycles. The molecule has 0 atom stereocenters. The van der Waals surface area contributed by atoms with Gasteiger partial charge in [0.2, 0.25) is 0 Å². The monoisotopic (exact) mass is 597 g/mol. The molecule has 9 rings (SSSR count). The molecule has 0 heterocycles. The summed E-state index contributed by atoms with van der Waals surface area (Å²) in [4.78, 5) is 2.41. The first kappa shape index (κ1) is 27.2. The van der Waals surface area contributed by atoms with Crippen LogP contribution in [-0.2, 0) is 0 Å². The first-order chi connectivity index (χ1) is 23.3. The molecule has 0 saturated heterocycles. The van der Waals surface area contributed by atoms with Gasteiger partial charge in [0.15, 0.2) is 0 Å². The van der Waals surface area contributed by atoms with Gasteiger partial charge in [-0.2, -0.15) is 0 Å². The number of nitrogens with zero attached hydrogens (tertiary/aromatic N) is 1. The summed E-state index contributed by atoms with van der Waals surface area (Å²) < 4.78 is 0. The van der Waals surface area contributed by atoms with Crippen LogP contribution in [0.25, 0.3) is 65.3 Å². The quantitative estimate of drug-likeness (QED) is 0.178. The van der Waals surface area contributed by atoms with Gasteiger partial charge in [0.25, 0.3) is 0 Å². The highest BCUT2D eigenvalue weighted by Crippen LogP contribution is 2.43. The Morgan fingerprint density at radius 3 is 1.66 bits per heavy atom. The maximum atomic E-state index is 2.41. The van der Waals surface area contributed by atoms with Crippen LogP contribution in [0.2, 0.25) is 0 Å². The number of benzene rings is 9. The van der Waals surface area contributed by atoms with Crippen LogP contribution in [0.1, 0.15) is 0 Å². The Labute approximate surface area is 274 Å². The molecule has 1 heteroatoms. The zero-order valence-corrected chi connectivity index (χ0v) is 25.8. The van der Waals surface area contributed by atoms with Crippen molar-refractivity contribution in [2.75, 3.05) is 4.90 Å². The summed E-state index contributed by atoms with van der Waals surface area (Å²) in [5.74, 6) is 0. The molecular formula is C46H31N. The lowest BCUT2D eigenvalue weighted by Gasteiger charge is -2.28. The van der Waals surface area contributed by atoms with Gasteiger partial charge in [-0.15, -0.1) is 0 Å². The van der Waals surface area contributed by atoms with Crippen LogP contribution in [-0.4, -0.2) is 0 Å². The number of hydrogen-bond acceptors (Lipinski definition) is 1. The lowest BCUT2D eigenvalue weighted by molar-refractivity contribution is 1.29. The van der Waals surface area contributed by atoms with Crippen molar-refractivity contribution in [1.82, 2.24) is 0 Å². The Hall–Kier alpha value is -6.18. The molecule has 0 unspecified atom stereocenters. The fraction of sp³-hybridized carbons (Fsp3) is 0. The third kappa shape index (κ3) is 4.81. The van der Waals surface area contributed by atoms with Gasteiger partial charge in [0.1, 0.15) is 0 Å². The second kappa shape index (κ2) is 11.3. The van der Waals surface area contributed by atoms with Crippen molar-refractivity contribution in [3.05, 3.63) is 188 Å². The molecular weight excluding hydrogens is 567 g/mol. The average molecular weight is 598 g/mol. The van der Waals surface area contributed by atoms with Gasteiger partial charge in [0.05, 0.1) is 5.69 Å². The molecule has 0 bridgehead atoms. The van der Waals surface area contributed by atoms with Crippen LogP contribution in [0.4, 0.5) is 17.1 Å². The van der Waals surface area contributed by atoms with E-state index < -0.39 is 0 Å². The van der Waals surface area contributed by atoms with Crippen LogP contribution in [0.5, 0.6) is 0 Å². The third-order valence-corrected chi connectivity index (χ3v) is 9.42. The van der Waals surface area contributed by atoms with Crippen LogP contribution in [0, 0.1) is 0 Å². The molecule has 47 heavy (non-hydrogen) atoms. The van der Waals surface area contributed by atoms with Gasteiger partial charge in [-0.1, -0.05) is 152 Å². The average Bonchev–Trinajstić information content (AvgIpc) is 3.15. The molecule has 0 amide bonds. The molecule has 0 aromatic heterocycles. The molecule has 9 aromatic rings. The minimum atomic E-state index is 1.11. The first-order valence-corrected chi connectivity index (χ1v) is 16.2. The van der Waals surface area contributed by atoms with Gasteiger partial charge in [0, 0.05) is 16.9 Å². The highest BCUT2D eigenvalue weighted by molar-refractivity contribution is 6.17. The number of anilines is 3. The topological polar surface area (TPSA) is 3.24 Å². The maximum absolute atomic E-state index is 2.41. The minimum Gasteiger partial charge on any atom is -0.310 e. The zero-order chi connectivity index (χ0) is 31.2. The van der Waals surface area contributed by atoms with Crippen molar-refractivity contribution >= 4 is 60.2 Å². The largest absolute Gasteiger partial charge is 0.310 e. The van der Waals surface area contributed by atoms with Gasteiger partial charge in [-0.3, -0.25) is 0 Å². The minimum absolute atomic E-state index is 1.11. The van der Waals surface area contributed by atoms with Crippen molar-refractivity contribution in [3.63, 3.8) is 0 Å². The van der Waals surface area contributed by atoms with Crippen molar-refractivity contribution < 1.29 is 0 Å². The van der Waals surface area contributed by atoms with Crippen molar-refractivity contribution in [3.8, 4) is 22.3 Å². The predicted molar refractivity (Wildman–Crippen MR) is 202 cm³/mol. The number of para-hydroxylation sites is 1. The van der Waals surface area contributed by atoms with Crippen molar-refractivity contribution in [2.24, 2.45) is 0 Å². The number of hydrogen-bond donors (Lipinski definition) is 0. The van der Waals surface area contributed by atoms with Crippen LogP contribution >= 0.6 is 0 Å². The van der Waals surface area contributed by atoms with E-state index in [0.717, 1.165) is 17.1 Å². The molecule has 0 spiro atoms. The van der Waals surface area contributed by atoms with E-state index in [1.54, 1.807) is 0 Å². The Balaban J connectivity index is 1.23. The van der Waals surface area contributed by atoms with E-state index in [1.807, 2.05) is 0 Å². The van der Waals surface area contributed by atoms with Crippen LogP contribution in [0.15, 0.2) is 188 Å². The van der Waals surface area contributed by atoms with E-state index in [1.165, 1.54) is 65.3 Å². The SMILES string of the molecule is c1ccc(-c2ccc(N(c3ccc4c(ccc5c6ccccc6ccc45)c3)c3ccccc3-c3ccc4ccccc4c3)cc2)cc1. The summed E-state index contributed by atoms with van der Waals surface area (Å²) in [7, 11) is 0. The highest BCUT2D eigenvalue weighted by Gasteiger charge is 2.18. The Morgan fingerprint density at radius 1 is 0.277 bits per heavy atom. The normalized spacial score (nSPS) is 11.4. The lowest BCUT2D eigenvalue weighted by Crippen LogP contribution is -2.11. The van der Waals surface area contributed by atoms with E-state index in [4.69, 9.17) is 0 Å². The van der Waals surface area contributed by atoms with Gasteiger partial charge >= 0.3 is 0 Å². The first-order valence-electron chi connectivity index (χ1n) is 16.2. The number of rotatable bonds is 5. The van der Waals surface area contributed by atoms with E-state index >= 15 is 0 Å². The summed E-state index contributed by atoms with van der Waals surface area (Å²) in [6, 6.07) is 68.3. The molecule has 0 aliphatic heterocycles. The molecule has 0 saturated carbocycles. The fourth-order valence-corrected chi connectivity index (χ4v) is 7.09. The standard InChI is InChI=1S/C46H31N/c1-2-10-32(11-3-1)34-20-24-39(25-21-34)47(46-17-9-8-16-43(46)37-19-18-33-12-4-5-14-36(33)30-37)40-26-29-42-38(31-40)23-28-44-41-15-7-6-13-35(41)22-27-45(42)44/h1-31H. The third-order valence-electron chi connectivity index (χ3n) is 9.42. The van der Waals surface area contributed by atoms with Crippen molar-refractivity contribution in [2.45, 2.75) is 0 Å².